The summed E-state index contributed by atoms with van der Waals surface area (Å²) in [6, 6.07) is 9.29. The fourth-order valence-electron chi connectivity index (χ4n) is 3.15. The average Bonchev–Trinajstić information content (AvgIpc) is 3.23. The molecule has 1 fully saturated rings. The van der Waals surface area contributed by atoms with Crippen LogP contribution in [0.1, 0.15) is 15.2 Å². The van der Waals surface area contributed by atoms with E-state index in [1.807, 2.05) is 40.6 Å². The van der Waals surface area contributed by atoms with Crippen LogP contribution in [-0.2, 0) is 11.2 Å². The van der Waals surface area contributed by atoms with Gasteiger partial charge in [0.2, 0.25) is 5.91 Å². The van der Waals surface area contributed by atoms with Crippen LogP contribution in [0, 0.1) is 0 Å². The molecule has 0 N–H and O–H groups in total. The monoisotopic (exact) mass is 388 g/mol. The Labute approximate surface area is 163 Å². The molecule has 1 saturated heterocycles. The lowest BCUT2D eigenvalue weighted by atomic mass is 10.1. The highest BCUT2D eigenvalue weighted by Crippen LogP contribution is 2.27. The Hall–Kier alpha value is -2.38. The number of thiophene rings is 1. The van der Waals surface area contributed by atoms with Crippen molar-refractivity contribution in [3.63, 3.8) is 0 Å². The van der Waals surface area contributed by atoms with Crippen LogP contribution in [0.25, 0.3) is 0 Å². The maximum Gasteiger partial charge on any atom is 0.227 e. The standard InChI is InChI=1S/C20H24N2O4S/c1-25-17-6-5-15(12-18(17)26-2)13-20(24)22-9-7-21(8-10-22)14-16(23)19-4-3-11-27-19/h3-6,11-12H,7-10,13-14H2,1-2H3. The van der Waals surface area contributed by atoms with Crippen molar-refractivity contribution in [1.29, 1.82) is 0 Å². The van der Waals surface area contributed by atoms with Crippen LogP contribution in [0.2, 0.25) is 0 Å². The third-order valence-corrected chi connectivity index (χ3v) is 5.60. The van der Waals surface area contributed by atoms with Crippen LogP contribution in [0.4, 0.5) is 0 Å². The summed E-state index contributed by atoms with van der Waals surface area (Å²) in [5, 5.41) is 1.91. The van der Waals surface area contributed by atoms with Gasteiger partial charge in [0.05, 0.1) is 32.1 Å². The number of nitrogens with zero attached hydrogens (tertiary/aromatic N) is 2. The summed E-state index contributed by atoms with van der Waals surface area (Å²) in [7, 11) is 3.17. The normalized spacial score (nSPS) is 14.8. The predicted octanol–water partition coefficient (Wildman–Crippen LogP) is 2.33. The molecule has 1 aliphatic rings. The summed E-state index contributed by atoms with van der Waals surface area (Å²) in [6.45, 7) is 3.13. The summed E-state index contributed by atoms with van der Waals surface area (Å²) in [6.07, 6.45) is 0.328. The van der Waals surface area contributed by atoms with Gasteiger partial charge in [-0.05, 0) is 29.1 Å². The van der Waals surface area contributed by atoms with E-state index < -0.39 is 0 Å². The van der Waals surface area contributed by atoms with Crippen LogP contribution in [0.3, 0.4) is 0 Å². The number of methoxy groups -OCH3 is 2. The van der Waals surface area contributed by atoms with Crippen molar-refractivity contribution < 1.29 is 19.1 Å². The van der Waals surface area contributed by atoms with Crippen molar-refractivity contribution in [2.24, 2.45) is 0 Å². The highest BCUT2D eigenvalue weighted by Gasteiger charge is 2.23. The molecule has 2 heterocycles. The number of piperazine rings is 1. The maximum absolute atomic E-state index is 12.6. The van der Waals surface area contributed by atoms with Gasteiger partial charge in [0.25, 0.3) is 0 Å². The first kappa shape index (κ1) is 19.4. The summed E-state index contributed by atoms with van der Waals surface area (Å²) in [4.78, 5) is 29.6. The molecule has 0 spiro atoms. The molecule has 0 radical (unpaired) electrons. The molecular formula is C20H24N2O4S. The zero-order valence-corrected chi connectivity index (χ0v) is 16.5. The van der Waals surface area contributed by atoms with Gasteiger partial charge in [0, 0.05) is 26.2 Å². The smallest absolute Gasteiger partial charge is 0.227 e. The quantitative estimate of drug-likeness (QED) is 0.682. The van der Waals surface area contributed by atoms with E-state index in [0.717, 1.165) is 23.5 Å². The third-order valence-electron chi connectivity index (χ3n) is 4.69. The second-order valence-corrected chi connectivity index (χ2v) is 7.37. The average molecular weight is 388 g/mol. The molecule has 144 valence electrons. The number of ketones is 1. The number of carbonyl (C=O) groups excluding carboxylic acids is 2. The minimum absolute atomic E-state index is 0.0893. The molecule has 27 heavy (non-hydrogen) atoms. The van der Waals surface area contributed by atoms with E-state index >= 15 is 0 Å². The molecular weight excluding hydrogens is 364 g/mol. The number of carbonyl (C=O) groups is 2. The van der Waals surface area contributed by atoms with Crippen molar-refractivity contribution in [1.82, 2.24) is 9.80 Å². The summed E-state index contributed by atoms with van der Waals surface area (Å²) in [5.74, 6) is 1.51. The Morgan fingerprint density at radius 2 is 1.78 bits per heavy atom. The second kappa shape index (κ2) is 9.01. The van der Waals surface area contributed by atoms with Gasteiger partial charge in [-0.3, -0.25) is 14.5 Å². The molecule has 1 aromatic carbocycles. The van der Waals surface area contributed by atoms with Gasteiger partial charge < -0.3 is 14.4 Å². The van der Waals surface area contributed by atoms with Crippen LogP contribution >= 0.6 is 11.3 Å². The van der Waals surface area contributed by atoms with Crippen molar-refractivity contribution in [2.45, 2.75) is 6.42 Å². The number of rotatable bonds is 7. The van der Waals surface area contributed by atoms with Crippen molar-refractivity contribution in [2.75, 3.05) is 46.9 Å². The molecule has 0 unspecified atom stereocenters. The van der Waals surface area contributed by atoms with Gasteiger partial charge in [0.15, 0.2) is 17.3 Å². The van der Waals surface area contributed by atoms with E-state index in [-0.39, 0.29) is 11.7 Å². The highest BCUT2D eigenvalue weighted by molar-refractivity contribution is 7.12. The Balaban J connectivity index is 1.50. The fourth-order valence-corrected chi connectivity index (χ4v) is 3.81. The molecule has 0 atom stereocenters. The van der Waals surface area contributed by atoms with Gasteiger partial charge in [-0.15, -0.1) is 11.3 Å². The number of hydrogen-bond donors (Lipinski definition) is 0. The molecule has 0 saturated carbocycles. The zero-order valence-electron chi connectivity index (χ0n) is 15.6. The largest absolute Gasteiger partial charge is 0.493 e. The van der Waals surface area contributed by atoms with E-state index in [1.165, 1.54) is 11.3 Å². The zero-order chi connectivity index (χ0) is 19.2. The Bertz CT molecular complexity index is 783. The lowest BCUT2D eigenvalue weighted by Gasteiger charge is -2.34. The van der Waals surface area contributed by atoms with E-state index in [0.29, 0.717) is 37.6 Å². The maximum atomic E-state index is 12.6. The Kier molecular flexibility index (Phi) is 6.47. The number of hydrogen-bond acceptors (Lipinski definition) is 6. The number of benzene rings is 1. The van der Waals surface area contributed by atoms with Crippen molar-refractivity contribution in [3.8, 4) is 11.5 Å². The van der Waals surface area contributed by atoms with Crippen molar-refractivity contribution in [3.05, 3.63) is 46.2 Å². The second-order valence-electron chi connectivity index (χ2n) is 6.42. The lowest BCUT2D eigenvalue weighted by Crippen LogP contribution is -2.50. The minimum Gasteiger partial charge on any atom is -0.493 e. The van der Waals surface area contributed by atoms with Crippen molar-refractivity contribution >= 4 is 23.0 Å². The van der Waals surface area contributed by atoms with Crippen LogP contribution < -0.4 is 9.47 Å². The molecule has 7 heteroatoms. The third kappa shape index (κ3) is 4.87. The number of Topliss-reactive ketones (excluding diaryl/α,β-unsaturated/α-hetero) is 1. The van der Waals surface area contributed by atoms with Crippen LogP contribution in [-0.4, -0.2) is 68.4 Å². The predicted molar refractivity (Wildman–Crippen MR) is 105 cm³/mol. The van der Waals surface area contributed by atoms with Gasteiger partial charge in [-0.25, -0.2) is 0 Å². The molecule has 0 bridgehead atoms. The van der Waals surface area contributed by atoms with Gasteiger partial charge in [-0.1, -0.05) is 12.1 Å². The first-order valence-electron chi connectivity index (χ1n) is 8.88. The molecule has 2 aromatic rings. The van der Waals surface area contributed by atoms with E-state index in [9.17, 15) is 9.59 Å². The highest BCUT2D eigenvalue weighted by atomic mass is 32.1. The lowest BCUT2D eigenvalue weighted by molar-refractivity contribution is -0.132. The molecule has 1 aromatic heterocycles. The van der Waals surface area contributed by atoms with Gasteiger partial charge >= 0.3 is 0 Å². The molecule has 1 aliphatic heterocycles. The fraction of sp³-hybridized carbons (Fsp3) is 0.400. The van der Waals surface area contributed by atoms with E-state index in [4.69, 9.17) is 9.47 Å². The summed E-state index contributed by atoms with van der Waals surface area (Å²) in [5.41, 5.74) is 0.896. The Morgan fingerprint density at radius 1 is 1.04 bits per heavy atom. The van der Waals surface area contributed by atoms with E-state index in [2.05, 4.69) is 4.90 Å². The summed E-state index contributed by atoms with van der Waals surface area (Å²) < 4.78 is 10.5. The number of amides is 1. The topological polar surface area (TPSA) is 59.1 Å². The van der Waals surface area contributed by atoms with Crippen LogP contribution in [0.5, 0.6) is 11.5 Å². The Morgan fingerprint density at radius 3 is 2.41 bits per heavy atom. The molecule has 1 amide bonds. The first-order valence-corrected chi connectivity index (χ1v) is 9.76. The van der Waals surface area contributed by atoms with Gasteiger partial charge in [0.1, 0.15) is 0 Å². The van der Waals surface area contributed by atoms with Gasteiger partial charge in [-0.2, -0.15) is 0 Å². The summed E-state index contributed by atoms with van der Waals surface area (Å²) >= 11 is 1.47. The molecule has 3 rings (SSSR count). The first-order chi connectivity index (χ1) is 13.1. The molecule has 6 nitrogen and oxygen atoms in total. The SMILES string of the molecule is COc1ccc(CC(=O)N2CCN(CC(=O)c3cccs3)CC2)cc1OC. The number of ether oxygens (including phenoxy) is 2. The van der Waals surface area contributed by atoms with E-state index in [1.54, 1.807) is 14.2 Å². The minimum atomic E-state index is 0.0893. The molecule has 0 aliphatic carbocycles. The van der Waals surface area contributed by atoms with Crippen LogP contribution in [0.15, 0.2) is 35.7 Å².